The van der Waals surface area contributed by atoms with Crippen molar-refractivity contribution in [3.05, 3.63) is 78.4 Å². The van der Waals surface area contributed by atoms with Crippen LogP contribution in [0.2, 0.25) is 0 Å². The van der Waals surface area contributed by atoms with Crippen LogP contribution in [-0.2, 0) is 10.0 Å². The van der Waals surface area contributed by atoms with Gasteiger partial charge in [0.1, 0.15) is 17.3 Å². The highest BCUT2D eigenvalue weighted by molar-refractivity contribution is 7.92. The number of ether oxygens (including phenoxy) is 2. The minimum atomic E-state index is -3.75. The van der Waals surface area contributed by atoms with Crippen LogP contribution in [0.3, 0.4) is 0 Å². The highest BCUT2D eigenvalue weighted by Crippen LogP contribution is 2.26. The molecule has 0 saturated carbocycles. The molecule has 0 spiro atoms. The summed E-state index contributed by atoms with van der Waals surface area (Å²) in [5.74, 6) is 2.63. The number of sulfonamides is 1. The van der Waals surface area contributed by atoms with E-state index in [4.69, 9.17) is 9.47 Å². The quantitative estimate of drug-likeness (QED) is 0.414. The lowest BCUT2D eigenvalue weighted by atomic mass is 10.2. The predicted octanol–water partition coefficient (Wildman–Crippen LogP) is 4.27. The van der Waals surface area contributed by atoms with Gasteiger partial charge in [-0.15, -0.1) is 0 Å². The SMILES string of the molecule is CCOc1ccc(S(=O)(=O)Nc2ccc(Oc3cc(-n4cccn4)nc(C)n3)cc2)cc1C. The van der Waals surface area contributed by atoms with Crippen LogP contribution in [0.15, 0.2) is 71.9 Å². The van der Waals surface area contributed by atoms with Crippen molar-refractivity contribution in [2.24, 2.45) is 0 Å². The molecule has 9 nitrogen and oxygen atoms in total. The number of anilines is 1. The molecule has 0 radical (unpaired) electrons. The first-order valence-electron chi connectivity index (χ1n) is 10.2. The van der Waals surface area contributed by atoms with Crippen LogP contribution in [-0.4, -0.2) is 34.8 Å². The van der Waals surface area contributed by atoms with Gasteiger partial charge in [-0.1, -0.05) is 0 Å². The Bertz CT molecular complexity index is 1350. The van der Waals surface area contributed by atoms with E-state index in [1.165, 1.54) is 6.07 Å². The number of nitrogens with one attached hydrogen (secondary N) is 1. The molecule has 0 saturated heterocycles. The van der Waals surface area contributed by atoms with Crippen LogP contribution in [0.4, 0.5) is 5.69 Å². The highest BCUT2D eigenvalue weighted by atomic mass is 32.2. The van der Waals surface area contributed by atoms with E-state index in [1.807, 2.05) is 13.8 Å². The van der Waals surface area contributed by atoms with Crippen molar-refractivity contribution in [1.82, 2.24) is 19.7 Å². The van der Waals surface area contributed by atoms with Gasteiger partial charge in [-0.2, -0.15) is 10.1 Å². The number of aryl methyl sites for hydroxylation is 2. The minimum Gasteiger partial charge on any atom is -0.494 e. The number of hydrogen-bond donors (Lipinski definition) is 1. The summed E-state index contributed by atoms with van der Waals surface area (Å²) in [5.41, 5.74) is 1.16. The Labute approximate surface area is 192 Å². The third kappa shape index (κ3) is 5.29. The van der Waals surface area contributed by atoms with Gasteiger partial charge in [-0.05, 0) is 74.9 Å². The Kier molecular flexibility index (Phi) is 6.27. The Morgan fingerprint density at radius 2 is 1.82 bits per heavy atom. The molecule has 2 aromatic heterocycles. The molecule has 0 aliphatic carbocycles. The van der Waals surface area contributed by atoms with Crippen molar-refractivity contribution in [2.45, 2.75) is 25.7 Å². The fourth-order valence-electron chi connectivity index (χ4n) is 3.13. The minimum absolute atomic E-state index is 0.159. The van der Waals surface area contributed by atoms with E-state index in [9.17, 15) is 8.42 Å². The molecular weight excluding hydrogens is 442 g/mol. The smallest absolute Gasteiger partial charge is 0.261 e. The second kappa shape index (κ2) is 9.29. The molecule has 4 rings (SSSR count). The Morgan fingerprint density at radius 1 is 1.03 bits per heavy atom. The van der Waals surface area contributed by atoms with Crippen molar-refractivity contribution >= 4 is 15.7 Å². The van der Waals surface area contributed by atoms with Gasteiger partial charge in [-0.25, -0.2) is 18.1 Å². The van der Waals surface area contributed by atoms with E-state index < -0.39 is 10.0 Å². The predicted molar refractivity (Wildman–Crippen MR) is 124 cm³/mol. The van der Waals surface area contributed by atoms with Gasteiger partial charge in [-0.3, -0.25) is 4.72 Å². The fraction of sp³-hybridized carbons (Fsp3) is 0.174. The zero-order chi connectivity index (χ0) is 23.4. The Hall–Kier alpha value is -3.92. The summed E-state index contributed by atoms with van der Waals surface area (Å²) in [6.45, 7) is 5.96. The number of aromatic nitrogens is 4. The molecule has 10 heteroatoms. The van der Waals surface area contributed by atoms with Crippen LogP contribution in [0.5, 0.6) is 17.4 Å². The van der Waals surface area contributed by atoms with Crippen molar-refractivity contribution in [3.8, 4) is 23.2 Å². The van der Waals surface area contributed by atoms with Crippen LogP contribution in [0.1, 0.15) is 18.3 Å². The molecule has 0 fully saturated rings. The van der Waals surface area contributed by atoms with Gasteiger partial charge in [0.15, 0.2) is 5.82 Å². The summed E-state index contributed by atoms with van der Waals surface area (Å²) in [6, 6.07) is 14.8. The second-order valence-corrected chi connectivity index (χ2v) is 8.84. The fourth-order valence-corrected chi connectivity index (χ4v) is 4.27. The Balaban J connectivity index is 1.48. The van der Waals surface area contributed by atoms with Gasteiger partial charge in [0.2, 0.25) is 5.88 Å². The van der Waals surface area contributed by atoms with Crippen molar-refractivity contribution in [1.29, 1.82) is 0 Å². The van der Waals surface area contributed by atoms with E-state index in [0.29, 0.717) is 41.3 Å². The lowest BCUT2D eigenvalue weighted by molar-refractivity contribution is 0.337. The lowest BCUT2D eigenvalue weighted by Crippen LogP contribution is -2.13. The molecule has 0 amide bonds. The molecule has 2 aromatic carbocycles. The molecule has 170 valence electrons. The maximum atomic E-state index is 12.8. The molecule has 0 unspecified atom stereocenters. The van der Waals surface area contributed by atoms with Crippen molar-refractivity contribution < 1.29 is 17.9 Å². The lowest BCUT2D eigenvalue weighted by Gasteiger charge is -2.12. The molecule has 0 bridgehead atoms. The first-order chi connectivity index (χ1) is 15.8. The van der Waals surface area contributed by atoms with Gasteiger partial charge in [0.25, 0.3) is 10.0 Å². The molecule has 0 aliphatic heterocycles. The van der Waals surface area contributed by atoms with E-state index in [1.54, 1.807) is 72.5 Å². The van der Waals surface area contributed by atoms with Gasteiger partial charge in [0.05, 0.1) is 11.5 Å². The molecule has 1 N–H and O–H groups in total. The maximum absolute atomic E-state index is 12.8. The summed E-state index contributed by atoms with van der Waals surface area (Å²) in [5, 5.41) is 4.16. The third-order valence-electron chi connectivity index (χ3n) is 4.63. The number of hydrogen-bond acceptors (Lipinski definition) is 7. The van der Waals surface area contributed by atoms with Crippen molar-refractivity contribution in [2.75, 3.05) is 11.3 Å². The van der Waals surface area contributed by atoms with E-state index in [2.05, 4.69) is 19.8 Å². The van der Waals surface area contributed by atoms with Crippen LogP contribution in [0, 0.1) is 13.8 Å². The molecule has 4 aromatic rings. The van der Waals surface area contributed by atoms with Gasteiger partial charge in [0, 0.05) is 24.1 Å². The second-order valence-electron chi connectivity index (χ2n) is 7.15. The van der Waals surface area contributed by atoms with Gasteiger partial charge >= 0.3 is 0 Å². The monoisotopic (exact) mass is 465 g/mol. The number of nitrogens with zero attached hydrogens (tertiary/aromatic N) is 4. The summed E-state index contributed by atoms with van der Waals surface area (Å²) in [4.78, 5) is 8.80. The zero-order valence-corrected chi connectivity index (χ0v) is 19.2. The van der Waals surface area contributed by atoms with E-state index in [-0.39, 0.29) is 4.90 Å². The summed E-state index contributed by atoms with van der Waals surface area (Å²) >= 11 is 0. The summed E-state index contributed by atoms with van der Waals surface area (Å²) < 4.78 is 41.1. The van der Waals surface area contributed by atoms with E-state index in [0.717, 1.165) is 5.56 Å². The summed E-state index contributed by atoms with van der Waals surface area (Å²) in [6.07, 6.45) is 3.44. The zero-order valence-electron chi connectivity index (χ0n) is 18.4. The topological polar surface area (TPSA) is 108 Å². The first-order valence-corrected chi connectivity index (χ1v) is 11.7. The normalized spacial score (nSPS) is 11.2. The first kappa shape index (κ1) is 22.3. The van der Waals surface area contributed by atoms with Crippen LogP contribution < -0.4 is 14.2 Å². The molecule has 0 atom stereocenters. The van der Waals surface area contributed by atoms with E-state index >= 15 is 0 Å². The average Bonchev–Trinajstić information content (AvgIpc) is 3.31. The van der Waals surface area contributed by atoms with Crippen LogP contribution >= 0.6 is 0 Å². The standard InChI is InChI=1S/C23H23N5O4S/c1-4-31-21-11-10-20(14-16(21)2)33(29,30)27-18-6-8-19(9-7-18)32-23-15-22(25-17(3)26-23)28-13-5-12-24-28/h5-15,27H,4H2,1-3H3. The third-order valence-corrected chi connectivity index (χ3v) is 6.00. The highest BCUT2D eigenvalue weighted by Gasteiger charge is 2.16. The molecule has 33 heavy (non-hydrogen) atoms. The molecule has 0 aliphatic rings. The molecular formula is C23H23N5O4S. The summed E-state index contributed by atoms with van der Waals surface area (Å²) in [7, 11) is -3.75. The van der Waals surface area contributed by atoms with Crippen LogP contribution in [0.25, 0.3) is 5.82 Å². The average molecular weight is 466 g/mol. The van der Waals surface area contributed by atoms with Gasteiger partial charge < -0.3 is 9.47 Å². The van der Waals surface area contributed by atoms with Crippen molar-refractivity contribution in [3.63, 3.8) is 0 Å². The maximum Gasteiger partial charge on any atom is 0.261 e. The number of rotatable bonds is 8. The Morgan fingerprint density at radius 3 is 2.48 bits per heavy atom. The molecule has 2 heterocycles. The number of benzene rings is 2. The largest absolute Gasteiger partial charge is 0.494 e.